The molecule has 0 atom stereocenters. The number of aryl methyl sites for hydroxylation is 1. The van der Waals surface area contributed by atoms with E-state index in [1.807, 2.05) is 31.2 Å². The molecule has 0 heterocycles. The number of aliphatic carboxylic acids is 1. The lowest BCUT2D eigenvalue weighted by molar-refractivity contribution is -0.137. The van der Waals surface area contributed by atoms with Crippen LogP contribution >= 0.6 is 0 Å². The van der Waals surface area contributed by atoms with Crippen LogP contribution < -0.4 is 10.6 Å². The molecule has 0 aliphatic rings. The molecule has 5 heteroatoms. The number of rotatable bonds is 9. The number of hydrogen-bond donors (Lipinski definition) is 3. The highest BCUT2D eigenvalue weighted by Crippen LogP contribution is 2.03. The van der Waals surface area contributed by atoms with Gasteiger partial charge in [0.15, 0.2) is 0 Å². The molecule has 0 spiro atoms. The van der Waals surface area contributed by atoms with E-state index in [9.17, 15) is 9.59 Å². The first-order chi connectivity index (χ1) is 10.1. The number of carboxylic acids is 1. The molecule has 0 aromatic heterocycles. The van der Waals surface area contributed by atoms with Crippen LogP contribution in [0.15, 0.2) is 24.3 Å². The summed E-state index contributed by atoms with van der Waals surface area (Å²) < 4.78 is 0. The van der Waals surface area contributed by atoms with Gasteiger partial charge < -0.3 is 15.7 Å². The minimum absolute atomic E-state index is 0.165. The summed E-state index contributed by atoms with van der Waals surface area (Å²) in [4.78, 5) is 21.9. The van der Waals surface area contributed by atoms with Crippen molar-refractivity contribution in [2.45, 2.75) is 45.6 Å². The Bertz CT molecular complexity index is 461. The third-order valence-corrected chi connectivity index (χ3v) is 3.14. The van der Waals surface area contributed by atoms with Crippen molar-refractivity contribution >= 4 is 12.0 Å². The van der Waals surface area contributed by atoms with E-state index in [0.29, 0.717) is 19.5 Å². The fourth-order valence-corrected chi connectivity index (χ4v) is 2.02. The summed E-state index contributed by atoms with van der Waals surface area (Å²) in [5.41, 5.74) is 2.26. The number of benzene rings is 1. The number of amides is 2. The fraction of sp³-hybridized carbons (Fsp3) is 0.500. The lowest BCUT2D eigenvalue weighted by atomic mass is 10.1. The molecule has 0 aliphatic carbocycles. The Labute approximate surface area is 125 Å². The lowest BCUT2D eigenvalue weighted by Gasteiger charge is -2.08. The molecular weight excluding hydrogens is 268 g/mol. The van der Waals surface area contributed by atoms with Crippen molar-refractivity contribution in [1.29, 1.82) is 0 Å². The minimum atomic E-state index is -0.747. The van der Waals surface area contributed by atoms with Crippen molar-refractivity contribution in [3.05, 3.63) is 35.4 Å². The van der Waals surface area contributed by atoms with Gasteiger partial charge >= 0.3 is 12.0 Å². The second kappa shape index (κ2) is 9.80. The molecule has 1 aromatic carbocycles. The van der Waals surface area contributed by atoms with E-state index in [0.717, 1.165) is 24.8 Å². The van der Waals surface area contributed by atoms with Gasteiger partial charge in [-0.2, -0.15) is 0 Å². The average Bonchev–Trinajstić information content (AvgIpc) is 2.44. The number of unbranched alkanes of at least 4 members (excludes halogenated alkanes) is 3. The number of hydrogen-bond acceptors (Lipinski definition) is 2. The number of carbonyl (C=O) groups excluding carboxylic acids is 1. The maximum atomic E-state index is 11.6. The molecule has 0 saturated carbocycles. The summed E-state index contributed by atoms with van der Waals surface area (Å²) in [5.74, 6) is -0.747. The highest BCUT2D eigenvalue weighted by atomic mass is 16.4. The van der Waals surface area contributed by atoms with Gasteiger partial charge in [-0.25, -0.2) is 4.79 Å². The Kier molecular flexibility index (Phi) is 7.94. The monoisotopic (exact) mass is 292 g/mol. The van der Waals surface area contributed by atoms with Gasteiger partial charge in [0.25, 0.3) is 0 Å². The Morgan fingerprint density at radius 1 is 1.10 bits per heavy atom. The van der Waals surface area contributed by atoms with Crippen molar-refractivity contribution in [3.63, 3.8) is 0 Å². The average molecular weight is 292 g/mol. The van der Waals surface area contributed by atoms with Crippen LogP contribution in [0.5, 0.6) is 0 Å². The molecule has 0 fully saturated rings. The van der Waals surface area contributed by atoms with Gasteiger partial charge in [-0.05, 0) is 25.3 Å². The van der Waals surface area contributed by atoms with Crippen LogP contribution in [0.3, 0.4) is 0 Å². The third-order valence-electron chi connectivity index (χ3n) is 3.14. The molecule has 3 N–H and O–H groups in total. The third kappa shape index (κ3) is 8.68. The van der Waals surface area contributed by atoms with E-state index in [1.165, 1.54) is 5.56 Å². The van der Waals surface area contributed by atoms with Gasteiger partial charge in [0.1, 0.15) is 0 Å². The standard InChI is InChI=1S/C16H24N2O3/c1-13-7-6-8-14(11-13)12-18-16(21)17-10-5-3-2-4-9-15(19)20/h6-8,11H,2-5,9-10,12H2,1H3,(H,19,20)(H2,17,18,21). The van der Waals surface area contributed by atoms with Gasteiger partial charge in [0.05, 0.1) is 0 Å². The van der Waals surface area contributed by atoms with Gasteiger partial charge in [-0.3, -0.25) is 4.79 Å². The predicted octanol–water partition coefficient (Wildman–Crippen LogP) is 2.83. The highest BCUT2D eigenvalue weighted by Gasteiger charge is 2.00. The Balaban J connectivity index is 2.03. The second-order valence-electron chi connectivity index (χ2n) is 5.16. The van der Waals surface area contributed by atoms with Crippen molar-refractivity contribution in [1.82, 2.24) is 10.6 Å². The number of nitrogens with one attached hydrogen (secondary N) is 2. The van der Waals surface area contributed by atoms with E-state index in [4.69, 9.17) is 5.11 Å². The Morgan fingerprint density at radius 3 is 2.57 bits per heavy atom. The van der Waals surface area contributed by atoms with Crippen LogP contribution in [0.2, 0.25) is 0 Å². The van der Waals surface area contributed by atoms with Gasteiger partial charge in [-0.1, -0.05) is 42.7 Å². The molecule has 21 heavy (non-hydrogen) atoms. The van der Waals surface area contributed by atoms with E-state index in [-0.39, 0.29) is 12.5 Å². The van der Waals surface area contributed by atoms with Gasteiger partial charge in [0.2, 0.25) is 0 Å². The van der Waals surface area contributed by atoms with Crippen LogP contribution in [-0.4, -0.2) is 23.7 Å². The van der Waals surface area contributed by atoms with Crippen LogP contribution in [0.25, 0.3) is 0 Å². The highest BCUT2D eigenvalue weighted by molar-refractivity contribution is 5.73. The fourth-order valence-electron chi connectivity index (χ4n) is 2.02. The van der Waals surface area contributed by atoms with Crippen molar-refractivity contribution < 1.29 is 14.7 Å². The lowest BCUT2D eigenvalue weighted by Crippen LogP contribution is -2.35. The number of urea groups is 1. The molecule has 0 unspecified atom stereocenters. The van der Waals surface area contributed by atoms with Crippen molar-refractivity contribution in [2.24, 2.45) is 0 Å². The minimum Gasteiger partial charge on any atom is -0.481 e. The molecule has 1 aromatic rings. The van der Waals surface area contributed by atoms with E-state index in [1.54, 1.807) is 0 Å². The SMILES string of the molecule is Cc1cccc(CNC(=O)NCCCCCCC(=O)O)c1. The number of carboxylic acid groups (broad SMARTS) is 1. The molecular formula is C16H24N2O3. The van der Waals surface area contributed by atoms with E-state index < -0.39 is 5.97 Å². The van der Waals surface area contributed by atoms with Crippen LogP contribution in [0.4, 0.5) is 4.79 Å². The van der Waals surface area contributed by atoms with Crippen LogP contribution in [-0.2, 0) is 11.3 Å². The molecule has 0 radical (unpaired) electrons. The normalized spacial score (nSPS) is 10.1. The molecule has 0 bridgehead atoms. The summed E-state index contributed by atoms with van der Waals surface area (Å²) in [6, 6.07) is 7.86. The summed E-state index contributed by atoms with van der Waals surface area (Å²) in [5, 5.41) is 14.1. The molecule has 0 saturated heterocycles. The number of carbonyl (C=O) groups is 2. The van der Waals surface area contributed by atoms with Gasteiger partial charge in [0, 0.05) is 19.5 Å². The van der Waals surface area contributed by atoms with Crippen molar-refractivity contribution in [3.8, 4) is 0 Å². The first kappa shape index (κ1) is 17.0. The summed E-state index contributed by atoms with van der Waals surface area (Å²) >= 11 is 0. The second-order valence-corrected chi connectivity index (χ2v) is 5.16. The summed E-state index contributed by atoms with van der Waals surface area (Å²) in [6.07, 6.45) is 3.63. The maximum Gasteiger partial charge on any atom is 0.315 e. The summed E-state index contributed by atoms with van der Waals surface area (Å²) in [6.45, 7) is 3.16. The Morgan fingerprint density at radius 2 is 1.86 bits per heavy atom. The van der Waals surface area contributed by atoms with Crippen LogP contribution in [0, 0.1) is 6.92 Å². The quantitative estimate of drug-likeness (QED) is 0.612. The first-order valence-corrected chi connectivity index (χ1v) is 7.37. The zero-order valence-electron chi connectivity index (χ0n) is 12.5. The molecule has 116 valence electrons. The molecule has 1 rings (SSSR count). The first-order valence-electron chi connectivity index (χ1n) is 7.37. The van der Waals surface area contributed by atoms with E-state index >= 15 is 0 Å². The smallest absolute Gasteiger partial charge is 0.315 e. The van der Waals surface area contributed by atoms with Crippen LogP contribution in [0.1, 0.15) is 43.2 Å². The molecule has 2 amide bonds. The molecule has 0 aliphatic heterocycles. The largest absolute Gasteiger partial charge is 0.481 e. The Hall–Kier alpha value is -2.04. The van der Waals surface area contributed by atoms with E-state index in [2.05, 4.69) is 10.6 Å². The topological polar surface area (TPSA) is 78.4 Å². The van der Waals surface area contributed by atoms with Gasteiger partial charge in [-0.15, -0.1) is 0 Å². The zero-order chi connectivity index (χ0) is 15.5. The molecule has 5 nitrogen and oxygen atoms in total. The van der Waals surface area contributed by atoms with Crippen molar-refractivity contribution in [2.75, 3.05) is 6.54 Å². The maximum absolute atomic E-state index is 11.6. The zero-order valence-corrected chi connectivity index (χ0v) is 12.5. The predicted molar refractivity (Wildman–Crippen MR) is 82.1 cm³/mol. The summed E-state index contributed by atoms with van der Waals surface area (Å²) in [7, 11) is 0.